The molecule has 0 aliphatic rings. The summed E-state index contributed by atoms with van der Waals surface area (Å²) < 4.78 is 0. The van der Waals surface area contributed by atoms with E-state index in [0.717, 1.165) is 6.20 Å². The third-order valence-corrected chi connectivity index (χ3v) is 3.01. The molecule has 0 aliphatic heterocycles. The van der Waals surface area contributed by atoms with Crippen molar-refractivity contribution in [2.45, 2.75) is 10.2 Å². The van der Waals surface area contributed by atoms with E-state index in [4.69, 9.17) is 11.6 Å². The topological polar surface area (TPSA) is 84.7 Å². The van der Waals surface area contributed by atoms with Crippen LogP contribution < -0.4 is 0 Å². The molecule has 0 aliphatic carbocycles. The molecule has 0 amide bonds. The van der Waals surface area contributed by atoms with Crippen LogP contribution in [0.15, 0.2) is 34.8 Å². The first-order valence-corrected chi connectivity index (χ1v) is 5.33. The fourth-order valence-corrected chi connectivity index (χ4v) is 1.95. The van der Waals surface area contributed by atoms with E-state index in [1.54, 1.807) is 12.4 Å². The van der Waals surface area contributed by atoms with Crippen molar-refractivity contribution in [3.8, 4) is 0 Å². The molecule has 0 saturated carbocycles. The Kier molecular flexibility index (Phi) is 3.07. The van der Waals surface area contributed by atoms with Gasteiger partial charge < -0.3 is 4.98 Å². The lowest BCUT2D eigenvalue weighted by Gasteiger charge is -1.99. The van der Waals surface area contributed by atoms with Crippen molar-refractivity contribution in [3.05, 3.63) is 39.8 Å². The lowest BCUT2D eigenvalue weighted by atomic mass is 10.4. The first kappa shape index (κ1) is 10.9. The van der Waals surface area contributed by atoms with Gasteiger partial charge in [0, 0.05) is 18.5 Å². The Morgan fingerprint density at radius 3 is 2.88 bits per heavy atom. The fourth-order valence-electron chi connectivity index (χ4n) is 0.988. The number of aromatic amines is 1. The summed E-state index contributed by atoms with van der Waals surface area (Å²) in [5, 5.41) is 11.8. The highest BCUT2D eigenvalue weighted by Crippen LogP contribution is 2.31. The zero-order chi connectivity index (χ0) is 11.5. The van der Waals surface area contributed by atoms with Gasteiger partial charge in [-0.25, -0.2) is 9.97 Å². The number of H-pyrrole nitrogens is 1. The predicted molar refractivity (Wildman–Crippen MR) is 58.6 cm³/mol. The quantitative estimate of drug-likeness (QED) is 0.674. The average Bonchev–Trinajstić information content (AvgIpc) is 2.73. The number of nitro groups is 1. The molecule has 2 heterocycles. The van der Waals surface area contributed by atoms with E-state index in [0.29, 0.717) is 10.2 Å². The van der Waals surface area contributed by atoms with E-state index in [2.05, 4.69) is 15.0 Å². The van der Waals surface area contributed by atoms with Crippen molar-refractivity contribution in [3.63, 3.8) is 0 Å². The van der Waals surface area contributed by atoms with E-state index in [9.17, 15) is 10.1 Å². The molecular weight excluding hydrogens is 252 g/mol. The van der Waals surface area contributed by atoms with E-state index >= 15 is 0 Å². The number of hydrogen-bond acceptors (Lipinski definition) is 5. The summed E-state index contributed by atoms with van der Waals surface area (Å²) >= 11 is 7.07. The first-order chi connectivity index (χ1) is 7.66. The summed E-state index contributed by atoms with van der Waals surface area (Å²) in [6, 6.07) is 1.26. The summed E-state index contributed by atoms with van der Waals surface area (Å²) in [6.45, 7) is 0. The number of nitrogens with zero attached hydrogens (tertiary/aromatic N) is 3. The van der Waals surface area contributed by atoms with Gasteiger partial charge in [0.05, 0.1) is 9.95 Å². The van der Waals surface area contributed by atoms with Gasteiger partial charge >= 0.3 is 0 Å². The Morgan fingerprint density at radius 1 is 1.50 bits per heavy atom. The molecule has 2 aromatic rings. The molecular formula is C8H5ClN4O2S. The van der Waals surface area contributed by atoms with Gasteiger partial charge in [0.1, 0.15) is 11.2 Å². The minimum absolute atomic E-state index is 0.131. The van der Waals surface area contributed by atoms with Crippen LogP contribution in [0.2, 0.25) is 5.02 Å². The van der Waals surface area contributed by atoms with Gasteiger partial charge in [-0.2, -0.15) is 0 Å². The zero-order valence-electron chi connectivity index (χ0n) is 7.75. The predicted octanol–water partition coefficient (Wildman–Crippen LogP) is 2.52. The summed E-state index contributed by atoms with van der Waals surface area (Å²) in [4.78, 5) is 20.7. The number of imidazole rings is 1. The number of pyridine rings is 1. The summed E-state index contributed by atoms with van der Waals surface area (Å²) in [5.74, 6) is 0. The largest absolute Gasteiger partial charge is 0.339 e. The van der Waals surface area contributed by atoms with Crippen LogP contribution in [0.4, 0.5) is 5.69 Å². The Bertz CT molecular complexity index is 517. The Balaban J connectivity index is 2.26. The lowest BCUT2D eigenvalue weighted by Crippen LogP contribution is -1.91. The Morgan fingerprint density at radius 2 is 2.31 bits per heavy atom. The van der Waals surface area contributed by atoms with Crippen LogP contribution in [0.5, 0.6) is 0 Å². The highest BCUT2D eigenvalue weighted by Gasteiger charge is 2.12. The summed E-state index contributed by atoms with van der Waals surface area (Å²) in [5.41, 5.74) is -0.131. The van der Waals surface area contributed by atoms with E-state index in [1.807, 2.05) is 0 Å². The van der Waals surface area contributed by atoms with Gasteiger partial charge in [-0.05, 0) is 11.8 Å². The molecule has 0 bridgehead atoms. The van der Waals surface area contributed by atoms with Crippen LogP contribution in [0.25, 0.3) is 0 Å². The molecule has 0 atom stereocenters. The highest BCUT2D eigenvalue weighted by molar-refractivity contribution is 7.99. The molecule has 82 valence electrons. The molecule has 2 aromatic heterocycles. The zero-order valence-corrected chi connectivity index (χ0v) is 9.33. The van der Waals surface area contributed by atoms with Gasteiger partial charge in [0.25, 0.3) is 5.69 Å². The van der Waals surface area contributed by atoms with Crippen molar-refractivity contribution in [1.82, 2.24) is 15.0 Å². The van der Waals surface area contributed by atoms with Crippen LogP contribution in [-0.4, -0.2) is 19.9 Å². The molecule has 0 radical (unpaired) electrons. The van der Waals surface area contributed by atoms with Crippen molar-refractivity contribution >= 4 is 29.1 Å². The smallest absolute Gasteiger partial charge is 0.289 e. The molecule has 6 nitrogen and oxygen atoms in total. The number of halogens is 1. The van der Waals surface area contributed by atoms with Gasteiger partial charge in [-0.3, -0.25) is 10.1 Å². The van der Waals surface area contributed by atoms with Crippen LogP contribution in [-0.2, 0) is 0 Å². The highest BCUT2D eigenvalue weighted by atomic mass is 35.5. The molecule has 0 spiro atoms. The van der Waals surface area contributed by atoms with Crippen LogP contribution in [0, 0.1) is 10.1 Å². The first-order valence-electron chi connectivity index (χ1n) is 4.14. The SMILES string of the molecule is O=[N+]([O-])c1cnc(Sc2ncc[nH]2)c(Cl)c1. The molecule has 8 heteroatoms. The van der Waals surface area contributed by atoms with Gasteiger partial charge in [-0.15, -0.1) is 0 Å². The molecule has 1 N–H and O–H groups in total. The number of aromatic nitrogens is 3. The third kappa shape index (κ3) is 2.31. The van der Waals surface area contributed by atoms with Gasteiger partial charge in [-0.1, -0.05) is 11.6 Å². The average molecular weight is 257 g/mol. The molecule has 0 saturated heterocycles. The monoisotopic (exact) mass is 256 g/mol. The second-order valence-corrected chi connectivity index (χ2v) is 4.12. The van der Waals surface area contributed by atoms with Crippen molar-refractivity contribution < 1.29 is 4.92 Å². The van der Waals surface area contributed by atoms with Gasteiger partial charge in [0.15, 0.2) is 5.16 Å². The number of rotatable bonds is 3. The van der Waals surface area contributed by atoms with Crippen LogP contribution >= 0.6 is 23.4 Å². The maximum Gasteiger partial charge on any atom is 0.289 e. The standard InChI is InChI=1S/C8H5ClN4O2S/c9-6-3-5(13(14)15)4-12-7(6)16-8-10-1-2-11-8/h1-4H,(H,10,11). The molecule has 2 rings (SSSR count). The molecule has 16 heavy (non-hydrogen) atoms. The van der Waals surface area contributed by atoms with Crippen molar-refractivity contribution in [2.24, 2.45) is 0 Å². The Hall–Kier alpha value is -1.60. The molecule has 0 fully saturated rings. The van der Waals surface area contributed by atoms with E-state index in [-0.39, 0.29) is 10.7 Å². The third-order valence-electron chi connectivity index (χ3n) is 1.67. The number of nitrogens with one attached hydrogen (secondary N) is 1. The number of hydrogen-bond donors (Lipinski definition) is 1. The maximum absolute atomic E-state index is 10.5. The maximum atomic E-state index is 10.5. The second-order valence-electron chi connectivity index (χ2n) is 2.73. The summed E-state index contributed by atoms with van der Waals surface area (Å²) in [7, 11) is 0. The molecule has 0 aromatic carbocycles. The normalized spacial score (nSPS) is 10.3. The van der Waals surface area contributed by atoms with Crippen molar-refractivity contribution in [2.75, 3.05) is 0 Å². The second kappa shape index (κ2) is 4.50. The Labute approximate surface area is 99.2 Å². The van der Waals surface area contributed by atoms with Gasteiger partial charge in [0.2, 0.25) is 0 Å². The van der Waals surface area contributed by atoms with E-state index < -0.39 is 4.92 Å². The van der Waals surface area contributed by atoms with E-state index in [1.165, 1.54) is 17.8 Å². The van der Waals surface area contributed by atoms with Crippen LogP contribution in [0.1, 0.15) is 0 Å². The molecule has 0 unspecified atom stereocenters. The van der Waals surface area contributed by atoms with Crippen molar-refractivity contribution in [1.29, 1.82) is 0 Å². The minimum atomic E-state index is -0.541. The van der Waals surface area contributed by atoms with Crippen LogP contribution in [0.3, 0.4) is 0 Å². The summed E-state index contributed by atoms with van der Waals surface area (Å²) in [6.07, 6.45) is 4.43. The lowest BCUT2D eigenvalue weighted by molar-refractivity contribution is -0.385. The minimum Gasteiger partial charge on any atom is -0.339 e. The fraction of sp³-hybridized carbons (Fsp3) is 0.